The van der Waals surface area contributed by atoms with Gasteiger partial charge in [-0.3, -0.25) is 0 Å². The number of aryl methyl sites for hydroxylation is 1. The van der Waals surface area contributed by atoms with Crippen LogP contribution in [0.15, 0.2) is 84.2 Å². The van der Waals surface area contributed by atoms with E-state index in [0.29, 0.717) is 62.2 Å². The second-order valence-electron chi connectivity index (χ2n) is 11.8. The van der Waals surface area contributed by atoms with Gasteiger partial charge in [0.05, 0.1) is 30.8 Å². The number of nitrogens with zero attached hydrogens (tertiary/aromatic N) is 4. The lowest BCUT2D eigenvalue weighted by Crippen LogP contribution is -2.10. The predicted molar refractivity (Wildman–Crippen MR) is 174 cm³/mol. The first kappa shape index (κ1) is 32.6. The molecule has 0 aromatic heterocycles. The summed E-state index contributed by atoms with van der Waals surface area (Å²) in [6.45, 7) is 16.9. The second-order valence-corrected chi connectivity index (χ2v) is 11.8. The van der Waals surface area contributed by atoms with E-state index in [1.807, 2.05) is 12.1 Å². The molecule has 0 saturated carbocycles. The van der Waals surface area contributed by atoms with Crippen molar-refractivity contribution in [1.82, 2.24) is 0 Å². The summed E-state index contributed by atoms with van der Waals surface area (Å²) in [6, 6.07) is 20.2. The minimum Gasteiger partial charge on any atom is -0.226 e. The summed E-state index contributed by atoms with van der Waals surface area (Å²) in [4.78, 5) is 6.83. The maximum atomic E-state index is 14.4. The maximum Gasteiger partial charge on any atom is 0.419 e. The van der Waals surface area contributed by atoms with Crippen molar-refractivity contribution in [3.8, 4) is 56.6 Å². The highest BCUT2D eigenvalue weighted by atomic mass is 19.4. The highest BCUT2D eigenvalue weighted by Crippen LogP contribution is 2.54. The quantitative estimate of drug-likeness (QED) is 0.103. The highest BCUT2D eigenvalue weighted by molar-refractivity contribution is 6.11. The topological polar surface area (TPSA) is 56.3 Å². The smallest absolute Gasteiger partial charge is 0.226 e. The Kier molecular flexibility index (Phi) is 7.40. The lowest BCUT2D eigenvalue weighted by Gasteiger charge is -2.12. The van der Waals surface area contributed by atoms with Crippen molar-refractivity contribution < 1.29 is 30.7 Å². The first-order valence-electron chi connectivity index (χ1n) is 14.9. The number of fused-ring (bicyclic) bond motifs is 6. The zero-order valence-corrected chi connectivity index (χ0v) is 25.9. The van der Waals surface area contributed by atoms with Crippen molar-refractivity contribution in [2.24, 2.45) is 0 Å². The molecule has 5 aromatic rings. The Labute approximate surface area is 285 Å². The standard InChI is InChI=1S/C40H15F7N4/c1-18-8-21(12-32(41)38(18)43)19-4-6-23-25-14-26-24-7-5-20(22-11-31(40(45,46)47)39(44)33(42)13-22)10-28(24)37(35(17-49)51-3)30(26)15-29(25)36(27(23)9-19)34(16-48)50-2/h4-15H,1H3/b36-34+,37-35-. The Morgan fingerprint density at radius 1 is 0.549 bits per heavy atom. The van der Waals surface area contributed by atoms with Gasteiger partial charge in [0.1, 0.15) is 0 Å². The molecule has 0 radical (unpaired) electrons. The number of hydrogen-bond donors (Lipinski definition) is 0. The van der Waals surface area contributed by atoms with Gasteiger partial charge in [-0.25, -0.2) is 37.8 Å². The molecular formula is C40H15F7N4. The Morgan fingerprint density at radius 2 is 0.980 bits per heavy atom. The molecule has 2 aliphatic rings. The fourth-order valence-corrected chi connectivity index (χ4v) is 6.72. The van der Waals surface area contributed by atoms with Gasteiger partial charge in [0.25, 0.3) is 11.4 Å². The molecule has 0 aliphatic heterocycles. The minimum atomic E-state index is -5.18. The first-order valence-corrected chi connectivity index (χ1v) is 14.9. The van der Waals surface area contributed by atoms with E-state index >= 15 is 0 Å². The first-order chi connectivity index (χ1) is 24.3. The fourth-order valence-electron chi connectivity index (χ4n) is 6.72. The SMILES string of the molecule is [C-]#[N+]/C(C#N)=C1/c2cc(-c3cc(F)c(F)c(C(F)(F)F)c3)ccc2-c2cc3c(cc21)/C(=C(\C#N)[N+]#[C-])c1cc(-c2cc(C)c(F)c(F)c2)ccc1-3. The van der Waals surface area contributed by atoms with Gasteiger partial charge in [-0.15, -0.1) is 0 Å². The summed E-state index contributed by atoms with van der Waals surface area (Å²) in [5.74, 6) is -5.77. The van der Waals surface area contributed by atoms with E-state index in [9.17, 15) is 41.3 Å². The molecule has 0 atom stereocenters. The van der Waals surface area contributed by atoms with Crippen LogP contribution in [0.25, 0.3) is 65.3 Å². The van der Waals surface area contributed by atoms with Crippen LogP contribution in [0.3, 0.4) is 0 Å². The number of halogens is 7. The number of allylic oxidation sites excluding steroid dienone is 2. The van der Waals surface area contributed by atoms with Crippen LogP contribution < -0.4 is 0 Å². The molecule has 2 aliphatic carbocycles. The van der Waals surface area contributed by atoms with Crippen LogP contribution in [-0.4, -0.2) is 0 Å². The molecule has 0 fully saturated rings. The van der Waals surface area contributed by atoms with E-state index in [4.69, 9.17) is 13.1 Å². The van der Waals surface area contributed by atoms with Crippen molar-refractivity contribution in [3.63, 3.8) is 0 Å². The third-order valence-electron chi connectivity index (χ3n) is 8.97. The fraction of sp³-hybridized carbons (Fsp3) is 0.0500. The van der Waals surface area contributed by atoms with Gasteiger partial charge in [0.15, 0.2) is 23.3 Å². The largest absolute Gasteiger partial charge is 0.419 e. The second kappa shape index (κ2) is 11.6. The number of rotatable bonds is 2. The molecule has 0 amide bonds. The summed E-state index contributed by atoms with van der Waals surface area (Å²) >= 11 is 0. The molecule has 4 nitrogen and oxygen atoms in total. The van der Waals surface area contributed by atoms with Crippen LogP contribution in [0.4, 0.5) is 30.7 Å². The maximum absolute atomic E-state index is 14.4. The number of hydrogen-bond acceptors (Lipinski definition) is 2. The minimum absolute atomic E-state index is 0.0592. The molecule has 5 aromatic carbocycles. The molecule has 7 rings (SSSR count). The van der Waals surface area contributed by atoms with Gasteiger partial charge in [0.2, 0.25) is 0 Å². The highest BCUT2D eigenvalue weighted by Gasteiger charge is 2.37. The van der Waals surface area contributed by atoms with Crippen LogP contribution in [-0.2, 0) is 6.18 Å². The monoisotopic (exact) mass is 684 g/mol. The Hall–Kier alpha value is -6.95. The number of alkyl halides is 3. The molecule has 0 heterocycles. The van der Waals surface area contributed by atoms with Crippen molar-refractivity contribution in [2.75, 3.05) is 0 Å². The lowest BCUT2D eigenvalue weighted by atomic mass is 9.94. The Balaban J connectivity index is 1.47. The van der Waals surface area contributed by atoms with Gasteiger partial charge in [-0.1, -0.05) is 24.3 Å². The van der Waals surface area contributed by atoms with Crippen LogP contribution in [0.2, 0.25) is 0 Å². The van der Waals surface area contributed by atoms with Crippen LogP contribution >= 0.6 is 0 Å². The third-order valence-corrected chi connectivity index (χ3v) is 8.97. The molecule has 11 heteroatoms. The Morgan fingerprint density at radius 3 is 1.41 bits per heavy atom. The predicted octanol–water partition coefficient (Wildman–Crippen LogP) is 11.3. The molecule has 51 heavy (non-hydrogen) atoms. The van der Waals surface area contributed by atoms with Gasteiger partial charge in [0, 0.05) is 11.1 Å². The molecule has 0 unspecified atom stereocenters. The molecule has 0 N–H and O–H groups in total. The van der Waals surface area contributed by atoms with Gasteiger partial charge in [-0.05, 0) is 128 Å². The van der Waals surface area contributed by atoms with Crippen molar-refractivity contribution in [3.05, 3.63) is 164 Å². The summed E-state index contributed by atoms with van der Waals surface area (Å²) in [5, 5.41) is 20.0. The van der Waals surface area contributed by atoms with Gasteiger partial charge in [-0.2, -0.15) is 13.2 Å². The van der Waals surface area contributed by atoms with E-state index < -0.39 is 35.0 Å². The van der Waals surface area contributed by atoms with E-state index in [1.165, 1.54) is 31.2 Å². The number of benzene rings is 5. The summed E-state index contributed by atoms with van der Waals surface area (Å²) in [5.41, 5.74) is 2.34. The summed E-state index contributed by atoms with van der Waals surface area (Å²) in [6.07, 6.45) is -5.18. The van der Waals surface area contributed by atoms with Gasteiger partial charge < -0.3 is 0 Å². The van der Waals surface area contributed by atoms with E-state index in [-0.39, 0.29) is 44.8 Å². The lowest BCUT2D eigenvalue weighted by molar-refractivity contribution is -0.140. The molecule has 0 saturated heterocycles. The molecular weight excluding hydrogens is 669 g/mol. The summed E-state index contributed by atoms with van der Waals surface area (Å²) < 4.78 is 97.6. The molecule has 0 bridgehead atoms. The van der Waals surface area contributed by atoms with Crippen LogP contribution in [0.1, 0.15) is 33.4 Å². The number of nitriles is 2. The van der Waals surface area contributed by atoms with Crippen molar-refractivity contribution in [1.29, 1.82) is 10.5 Å². The van der Waals surface area contributed by atoms with E-state index in [0.717, 1.165) is 6.07 Å². The zero-order chi connectivity index (χ0) is 36.5. The molecule has 0 spiro atoms. The van der Waals surface area contributed by atoms with Crippen molar-refractivity contribution in [2.45, 2.75) is 13.1 Å². The van der Waals surface area contributed by atoms with Crippen molar-refractivity contribution >= 4 is 11.1 Å². The van der Waals surface area contributed by atoms with Crippen LogP contribution in [0.5, 0.6) is 0 Å². The van der Waals surface area contributed by atoms with Gasteiger partial charge >= 0.3 is 6.18 Å². The third kappa shape index (κ3) is 4.95. The van der Waals surface area contributed by atoms with E-state index in [2.05, 4.69) is 9.69 Å². The summed E-state index contributed by atoms with van der Waals surface area (Å²) in [7, 11) is 0. The average Bonchev–Trinajstić information content (AvgIpc) is 3.59. The zero-order valence-electron chi connectivity index (χ0n) is 25.9. The normalized spacial score (nSPS) is 14.3. The molecule has 244 valence electrons. The average molecular weight is 685 g/mol. The van der Waals surface area contributed by atoms with E-state index in [1.54, 1.807) is 30.3 Å². The van der Waals surface area contributed by atoms with Crippen LogP contribution in [0, 0.1) is 66.0 Å². The Bertz CT molecular complexity index is 2620.